The minimum Gasteiger partial charge on any atom is -0.457 e. The van der Waals surface area contributed by atoms with E-state index in [2.05, 4.69) is 199 Å². The van der Waals surface area contributed by atoms with Crippen LogP contribution in [0.15, 0.2) is 249 Å². The van der Waals surface area contributed by atoms with Crippen LogP contribution in [0.5, 0.6) is 11.5 Å². The van der Waals surface area contributed by atoms with E-state index in [9.17, 15) is 0 Å². The van der Waals surface area contributed by atoms with Gasteiger partial charge in [0.1, 0.15) is 11.5 Å². The minimum absolute atomic E-state index is 0.182. The van der Waals surface area contributed by atoms with Crippen LogP contribution >= 0.6 is 0 Å². The number of rotatable bonds is 6. The minimum atomic E-state index is -3.12. The predicted octanol–water partition coefficient (Wildman–Crippen LogP) is 12.3. The predicted molar refractivity (Wildman–Crippen MR) is 267 cm³/mol. The highest BCUT2D eigenvalue weighted by Crippen LogP contribution is 2.60. The van der Waals surface area contributed by atoms with Crippen LogP contribution in [0.3, 0.4) is 0 Å². The Morgan fingerprint density at radius 3 is 1.61 bits per heavy atom. The molecule has 0 atom stereocenters. The monoisotopic (exact) mass is 836 g/mol. The molecule has 0 saturated carbocycles. The summed E-state index contributed by atoms with van der Waals surface area (Å²) in [5.74, 6) is 1.60. The van der Waals surface area contributed by atoms with Gasteiger partial charge in [0.25, 0.3) is 0 Å². The zero-order valence-electron chi connectivity index (χ0n) is 39.6. The fraction of sp³-hybridized carbons (Fsp3) is 0.0164. The highest BCUT2D eigenvalue weighted by molar-refractivity contribution is 7.19. The molecule has 0 fully saturated rings. The topological polar surface area (TPSA) is 14.2 Å². The van der Waals surface area contributed by atoms with E-state index in [1.807, 2.05) is 24.3 Å². The fourth-order valence-corrected chi connectivity index (χ4v) is 15.8. The molecule has 0 unspecified atom stereocenters. The number of nitrogens with zero attached hydrogens (tertiary/aromatic N) is 1. The van der Waals surface area contributed by atoms with Crippen molar-refractivity contribution in [3.8, 4) is 39.4 Å². The van der Waals surface area contributed by atoms with Gasteiger partial charge < -0.3 is 9.30 Å². The van der Waals surface area contributed by atoms with Gasteiger partial charge in [-0.05, 0) is 84.5 Å². The van der Waals surface area contributed by atoms with E-state index in [0.717, 1.165) is 66.8 Å². The van der Waals surface area contributed by atoms with Crippen LogP contribution in [0.2, 0.25) is 0 Å². The summed E-state index contributed by atoms with van der Waals surface area (Å²) < 4.78 is 52.6. The first kappa shape index (κ1) is 31.8. The Hall–Kier alpha value is -7.98. The molecule has 11 aromatic rings. The van der Waals surface area contributed by atoms with E-state index in [-0.39, 0.29) is 29.7 Å². The molecule has 10 aromatic carbocycles. The summed E-state index contributed by atoms with van der Waals surface area (Å²) in [5.41, 5.74) is 9.62. The van der Waals surface area contributed by atoms with Crippen molar-refractivity contribution in [1.29, 1.82) is 0 Å². The van der Waals surface area contributed by atoms with Crippen LogP contribution in [0.25, 0.3) is 49.7 Å². The van der Waals surface area contributed by atoms with Crippen molar-refractivity contribution < 1.29 is 11.6 Å². The Morgan fingerprint density at radius 2 is 0.938 bits per heavy atom. The van der Waals surface area contributed by atoms with E-state index >= 15 is 0 Å². The number of fused-ring (bicyclic) bond motifs is 11. The molecule has 13 rings (SSSR count). The Labute approximate surface area is 381 Å². The van der Waals surface area contributed by atoms with Gasteiger partial charge in [-0.25, -0.2) is 0 Å². The molecule has 3 heterocycles. The van der Waals surface area contributed by atoms with E-state index < -0.39 is 19.5 Å². The second-order valence-electron chi connectivity index (χ2n) is 16.8. The van der Waals surface area contributed by atoms with Gasteiger partial charge in [-0.2, -0.15) is 0 Å². The Balaban J connectivity index is 1.17. The van der Waals surface area contributed by atoms with Crippen LogP contribution in [0.1, 0.15) is 29.1 Å². The first-order chi connectivity index (χ1) is 33.8. The number of benzene rings is 10. The Bertz CT molecular complexity index is 3760. The number of hydrogen-bond donors (Lipinski definition) is 0. The van der Waals surface area contributed by atoms with E-state index in [1.165, 1.54) is 26.3 Å². The highest BCUT2D eigenvalue weighted by atomic mass is 28.3. The molecular weight excluding hydrogens is 791 g/mol. The first-order valence-electron chi connectivity index (χ1n) is 24.3. The van der Waals surface area contributed by atoms with Crippen molar-refractivity contribution in [2.45, 2.75) is 5.41 Å². The van der Waals surface area contributed by atoms with E-state index in [1.54, 1.807) is 0 Å². The van der Waals surface area contributed by atoms with Gasteiger partial charge in [0.15, 0.2) is 8.07 Å². The van der Waals surface area contributed by atoms with Crippen LogP contribution in [-0.4, -0.2) is 12.6 Å². The lowest BCUT2D eigenvalue weighted by Crippen LogP contribution is -2.74. The maximum atomic E-state index is 8.96. The largest absolute Gasteiger partial charge is 0.457 e. The average Bonchev–Trinajstić information content (AvgIpc) is 3.74. The normalized spacial score (nSPS) is 14.3. The quantitative estimate of drug-likeness (QED) is 0.120. The van der Waals surface area contributed by atoms with Gasteiger partial charge >= 0.3 is 0 Å². The lowest BCUT2D eigenvalue weighted by atomic mass is 9.62. The molecule has 0 saturated heterocycles. The van der Waals surface area contributed by atoms with Crippen molar-refractivity contribution in [2.75, 3.05) is 0 Å². The number of hydrogen-bond acceptors (Lipinski definition) is 1. The second-order valence-corrected chi connectivity index (χ2v) is 20.6. The summed E-state index contributed by atoms with van der Waals surface area (Å²) in [6, 6.07) is 76.9. The molecule has 300 valence electrons. The Kier molecular flexibility index (Phi) is 7.10. The fourth-order valence-electron chi connectivity index (χ4n) is 11.1. The third kappa shape index (κ3) is 5.13. The van der Waals surface area contributed by atoms with Crippen LogP contribution in [-0.2, 0) is 5.41 Å². The third-order valence-electron chi connectivity index (χ3n) is 13.7. The van der Waals surface area contributed by atoms with Gasteiger partial charge in [-0.15, -0.1) is 0 Å². The maximum Gasteiger partial charge on any atom is 0.179 e. The molecule has 0 bridgehead atoms. The Morgan fingerprint density at radius 1 is 0.391 bits per heavy atom. The number of ether oxygens (including phenoxy) is 1. The SMILES string of the molecule is [2H]c1c([2H])c([2H])c(-c2ccc3c(c2)c2cccc4c2n3-c2cc([Si](c3ccccc3)(c3ccccc3)c3ccc(-c5ccccc5)cc3)ccc2C42c3ccccc3Oc3ccccc32)c([2H])c1[2H]. The van der Waals surface area contributed by atoms with Gasteiger partial charge in [-0.1, -0.05) is 218 Å². The molecule has 0 radical (unpaired) electrons. The summed E-state index contributed by atoms with van der Waals surface area (Å²) in [5, 5.41) is 6.94. The maximum absolute atomic E-state index is 8.96. The molecule has 3 heteroatoms. The van der Waals surface area contributed by atoms with Crippen molar-refractivity contribution in [1.82, 2.24) is 4.57 Å². The zero-order chi connectivity index (χ0) is 46.6. The number of para-hydroxylation sites is 3. The zero-order valence-corrected chi connectivity index (χ0v) is 35.6. The van der Waals surface area contributed by atoms with Gasteiger partial charge in [0.05, 0.1) is 29.0 Å². The van der Waals surface area contributed by atoms with Gasteiger partial charge in [0.2, 0.25) is 0 Å². The average molecular weight is 837 g/mol. The van der Waals surface area contributed by atoms with Gasteiger partial charge in [0, 0.05) is 21.9 Å². The van der Waals surface area contributed by atoms with E-state index in [0.29, 0.717) is 5.56 Å². The standard InChI is InChI=1S/C61H41NOSi/c1-5-18-42(19-6-1)44-32-35-48(36-33-44)64(46-22-9-3-10-23-46,47-24-11-4-12-25-47)49-37-38-52-57(41-49)62-56-39-34-45(43-20-7-2-8-21-43)40-51(56)50-26-17-29-55(60(50)62)61(52)53-27-13-15-30-58(53)63-59-31-16-14-28-54(59)61/h1-41H/i2D,7D,8D,20D,21D. The summed E-state index contributed by atoms with van der Waals surface area (Å²) in [4.78, 5) is 0. The highest BCUT2D eigenvalue weighted by Gasteiger charge is 2.51. The molecule has 0 N–H and O–H groups in total. The first-order valence-corrected chi connectivity index (χ1v) is 23.8. The smallest absolute Gasteiger partial charge is 0.179 e. The number of aromatic nitrogens is 1. The second kappa shape index (κ2) is 14.3. The molecular formula is C61H41NOSi. The molecule has 0 aliphatic carbocycles. The summed E-state index contributed by atoms with van der Waals surface area (Å²) in [7, 11) is -3.12. The summed E-state index contributed by atoms with van der Waals surface area (Å²) >= 11 is 0. The van der Waals surface area contributed by atoms with Crippen molar-refractivity contribution in [3.63, 3.8) is 0 Å². The molecule has 2 aliphatic heterocycles. The van der Waals surface area contributed by atoms with Crippen molar-refractivity contribution in [3.05, 3.63) is 271 Å². The molecule has 1 spiro atoms. The molecule has 2 aliphatic rings. The van der Waals surface area contributed by atoms with Crippen LogP contribution in [0.4, 0.5) is 0 Å². The molecule has 1 aromatic heterocycles. The molecule has 64 heavy (non-hydrogen) atoms. The summed E-state index contributed by atoms with van der Waals surface area (Å²) in [6.45, 7) is 0. The lowest BCUT2D eigenvalue weighted by molar-refractivity contribution is 0.434. The third-order valence-corrected chi connectivity index (χ3v) is 18.5. The lowest BCUT2D eigenvalue weighted by Gasteiger charge is -2.45. The van der Waals surface area contributed by atoms with Crippen LogP contribution < -0.4 is 25.5 Å². The van der Waals surface area contributed by atoms with Crippen molar-refractivity contribution in [2.24, 2.45) is 0 Å². The van der Waals surface area contributed by atoms with Crippen molar-refractivity contribution >= 4 is 50.6 Å². The molecule has 0 amide bonds. The van der Waals surface area contributed by atoms with E-state index in [4.69, 9.17) is 11.6 Å². The summed E-state index contributed by atoms with van der Waals surface area (Å²) in [6.07, 6.45) is 0. The van der Waals surface area contributed by atoms with Crippen LogP contribution in [0, 0.1) is 0 Å². The van der Waals surface area contributed by atoms with Gasteiger partial charge in [-0.3, -0.25) is 0 Å². The molecule has 2 nitrogen and oxygen atoms in total.